The first-order valence-corrected chi connectivity index (χ1v) is 5.85. The lowest BCUT2D eigenvalue weighted by atomic mass is 10.1. The third-order valence-corrected chi connectivity index (χ3v) is 2.30. The van der Waals surface area contributed by atoms with E-state index in [9.17, 15) is 9.59 Å². The number of amides is 2. The van der Waals surface area contributed by atoms with Crippen LogP contribution in [0.4, 0.5) is 0 Å². The second-order valence-electron chi connectivity index (χ2n) is 3.87. The Hall–Kier alpha value is -1.14. The first kappa shape index (κ1) is 15.9. The fraction of sp³-hybridized carbons (Fsp3) is 0.818. The molecule has 0 aliphatic carbocycles. The Labute approximate surface area is 102 Å². The molecule has 4 N–H and O–H groups in total. The Morgan fingerprint density at radius 1 is 1.35 bits per heavy atom. The maximum absolute atomic E-state index is 11.6. The van der Waals surface area contributed by atoms with E-state index in [0.717, 1.165) is 6.42 Å². The van der Waals surface area contributed by atoms with E-state index in [1.807, 2.05) is 6.92 Å². The minimum Gasteiger partial charge on any atom is -0.385 e. The molecule has 0 saturated heterocycles. The summed E-state index contributed by atoms with van der Waals surface area (Å²) in [5, 5.41) is 5.20. The van der Waals surface area contributed by atoms with Crippen molar-refractivity contribution in [3.05, 3.63) is 0 Å². The maximum Gasteiger partial charge on any atom is 0.242 e. The van der Waals surface area contributed by atoms with Crippen LogP contribution in [0.25, 0.3) is 0 Å². The molecule has 100 valence electrons. The lowest BCUT2D eigenvalue weighted by Gasteiger charge is -2.16. The Kier molecular flexibility index (Phi) is 8.35. The van der Waals surface area contributed by atoms with Crippen LogP contribution in [0.2, 0.25) is 0 Å². The summed E-state index contributed by atoms with van der Waals surface area (Å²) in [5.74, 6) is -0.509. The highest BCUT2D eigenvalue weighted by Gasteiger charge is 2.19. The topological polar surface area (TPSA) is 93.5 Å². The van der Waals surface area contributed by atoms with Gasteiger partial charge in [-0.15, -0.1) is 0 Å². The number of likely N-dealkylation sites (N-methyl/N-ethyl adjacent to an activating group) is 1. The highest BCUT2D eigenvalue weighted by atomic mass is 16.5. The summed E-state index contributed by atoms with van der Waals surface area (Å²) >= 11 is 0. The van der Waals surface area contributed by atoms with Gasteiger partial charge in [0.05, 0.1) is 6.04 Å². The first-order chi connectivity index (χ1) is 8.02. The lowest BCUT2D eigenvalue weighted by Crippen LogP contribution is -2.50. The summed E-state index contributed by atoms with van der Waals surface area (Å²) < 4.78 is 4.87. The van der Waals surface area contributed by atoms with Crippen molar-refractivity contribution < 1.29 is 14.3 Å². The quantitative estimate of drug-likeness (QED) is 0.497. The van der Waals surface area contributed by atoms with Crippen LogP contribution in [0.3, 0.4) is 0 Å². The van der Waals surface area contributed by atoms with Crippen LogP contribution in [0.5, 0.6) is 0 Å². The number of hydrogen-bond acceptors (Lipinski definition) is 4. The van der Waals surface area contributed by atoms with Gasteiger partial charge in [0.1, 0.15) is 6.04 Å². The fourth-order valence-electron chi connectivity index (χ4n) is 1.29. The Morgan fingerprint density at radius 3 is 2.53 bits per heavy atom. The van der Waals surface area contributed by atoms with Crippen molar-refractivity contribution in [1.29, 1.82) is 0 Å². The molecule has 0 aliphatic rings. The predicted octanol–water partition coefficient (Wildman–Crippen LogP) is -0.619. The second kappa shape index (κ2) is 8.95. The van der Waals surface area contributed by atoms with Gasteiger partial charge >= 0.3 is 0 Å². The Bertz CT molecular complexity index is 246. The van der Waals surface area contributed by atoms with Crippen LogP contribution in [0, 0.1) is 0 Å². The van der Waals surface area contributed by atoms with E-state index in [0.29, 0.717) is 19.6 Å². The number of rotatable bonds is 8. The number of ether oxygens (including phenoxy) is 1. The molecule has 6 nitrogen and oxygen atoms in total. The SMILES string of the molecule is CCNC(=O)C(C)NC(=O)C(N)CCCOC. The van der Waals surface area contributed by atoms with E-state index in [4.69, 9.17) is 10.5 Å². The van der Waals surface area contributed by atoms with E-state index < -0.39 is 12.1 Å². The number of nitrogens with two attached hydrogens (primary N) is 1. The molecule has 2 amide bonds. The fourth-order valence-corrected chi connectivity index (χ4v) is 1.29. The number of nitrogens with one attached hydrogen (secondary N) is 2. The summed E-state index contributed by atoms with van der Waals surface area (Å²) in [5.41, 5.74) is 5.68. The monoisotopic (exact) mass is 245 g/mol. The van der Waals surface area contributed by atoms with Crippen LogP contribution in [-0.4, -0.2) is 44.2 Å². The van der Waals surface area contributed by atoms with Gasteiger partial charge in [0.25, 0.3) is 0 Å². The number of carbonyl (C=O) groups is 2. The molecule has 0 heterocycles. The first-order valence-electron chi connectivity index (χ1n) is 5.85. The van der Waals surface area contributed by atoms with Crippen LogP contribution in [0.15, 0.2) is 0 Å². The molecule has 6 heteroatoms. The van der Waals surface area contributed by atoms with Crippen molar-refractivity contribution in [3.8, 4) is 0 Å². The van der Waals surface area contributed by atoms with Gasteiger partial charge in [-0.3, -0.25) is 9.59 Å². The van der Waals surface area contributed by atoms with E-state index in [1.54, 1.807) is 14.0 Å². The predicted molar refractivity (Wildman–Crippen MR) is 65.4 cm³/mol. The highest BCUT2D eigenvalue weighted by Crippen LogP contribution is 1.96. The third-order valence-electron chi connectivity index (χ3n) is 2.30. The van der Waals surface area contributed by atoms with E-state index in [2.05, 4.69) is 10.6 Å². The standard InChI is InChI=1S/C11H23N3O3/c1-4-13-10(15)8(2)14-11(16)9(12)6-5-7-17-3/h8-9H,4-7,12H2,1-3H3,(H,13,15)(H,14,16). The molecule has 0 radical (unpaired) electrons. The molecule has 0 rings (SSSR count). The summed E-state index contributed by atoms with van der Waals surface area (Å²) in [7, 11) is 1.60. The molecule has 0 bridgehead atoms. The molecule has 0 aromatic carbocycles. The van der Waals surface area contributed by atoms with Crippen LogP contribution in [-0.2, 0) is 14.3 Å². The van der Waals surface area contributed by atoms with Gasteiger partial charge in [-0.25, -0.2) is 0 Å². The van der Waals surface area contributed by atoms with Crippen molar-refractivity contribution in [2.75, 3.05) is 20.3 Å². The van der Waals surface area contributed by atoms with Crippen molar-refractivity contribution in [3.63, 3.8) is 0 Å². The normalized spacial score (nSPS) is 13.9. The second-order valence-corrected chi connectivity index (χ2v) is 3.87. The van der Waals surface area contributed by atoms with Gasteiger partial charge in [-0.1, -0.05) is 0 Å². The van der Waals surface area contributed by atoms with Gasteiger partial charge in [-0.2, -0.15) is 0 Å². The van der Waals surface area contributed by atoms with Gasteiger partial charge in [0, 0.05) is 20.3 Å². The molecule has 0 aromatic heterocycles. The van der Waals surface area contributed by atoms with E-state index in [-0.39, 0.29) is 11.8 Å². The van der Waals surface area contributed by atoms with E-state index >= 15 is 0 Å². The Morgan fingerprint density at radius 2 is 2.00 bits per heavy atom. The van der Waals surface area contributed by atoms with Crippen molar-refractivity contribution in [2.24, 2.45) is 5.73 Å². The smallest absolute Gasteiger partial charge is 0.242 e. The van der Waals surface area contributed by atoms with Crippen LogP contribution in [0.1, 0.15) is 26.7 Å². The zero-order chi connectivity index (χ0) is 13.3. The molecule has 0 saturated carbocycles. The van der Waals surface area contributed by atoms with Gasteiger partial charge in [0.15, 0.2) is 0 Å². The van der Waals surface area contributed by atoms with Crippen molar-refractivity contribution >= 4 is 11.8 Å². The van der Waals surface area contributed by atoms with Crippen molar-refractivity contribution in [2.45, 2.75) is 38.8 Å². The van der Waals surface area contributed by atoms with Gasteiger partial charge in [-0.05, 0) is 26.7 Å². The zero-order valence-electron chi connectivity index (χ0n) is 10.8. The summed E-state index contributed by atoms with van der Waals surface area (Å²) in [6.07, 6.45) is 1.27. The average Bonchev–Trinajstić information content (AvgIpc) is 2.29. The molecule has 2 atom stereocenters. The Balaban J connectivity index is 3.93. The number of methoxy groups -OCH3 is 1. The molecule has 17 heavy (non-hydrogen) atoms. The van der Waals surface area contributed by atoms with Crippen LogP contribution < -0.4 is 16.4 Å². The minimum absolute atomic E-state index is 0.204. The molecular formula is C11H23N3O3. The maximum atomic E-state index is 11.6. The van der Waals surface area contributed by atoms with Gasteiger partial charge < -0.3 is 21.1 Å². The molecule has 0 aliphatic heterocycles. The van der Waals surface area contributed by atoms with Gasteiger partial charge in [0.2, 0.25) is 11.8 Å². The molecular weight excluding hydrogens is 222 g/mol. The molecule has 0 fully saturated rings. The average molecular weight is 245 g/mol. The molecule has 0 spiro atoms. The third kappa shape index (κ3) is 6.91. The number of carbonyl (C=O) groups excluding carboxylic acids is 2. The van der Waals surface area contributed by atoms with Crippen LogP contribution >= 0.6 is 0 Å². The molecule has 0 aromatic rings. The summed E-state index contributed by atoms with van der Waals surface area (Å²) in [6, 6.07) is -1.15. The van der Waals surface area contributed by atoms with E-state index in [1.165, 1.54) is 0 Å². The zero-order valence-corrected chi connectivity index (χ0v) is 10.8. The summed E-state index contributed by atoms with van der Waals surface area (Å²) in [4.78, 5) is 23.0. The lowest BCUT2D eigenvalue weighted by molar-refractivity contribution is -0.129. The minimum atomic E-state index is -0.595. The van der Waals surface area contributed by atoms with Crippen molar-refractivity contribution in [1.82, 2.24) is 10.6 Å². The highest BCUT2D eigenvalue weighted by molar-refractivity contribution is 5.89. The summed E-state index contributed by atoms with van der Waals surface area (Å²) in [6.45, 7) is 4.57. The largest absolute Gasteiger partial charge is 0.385 e. The molecule has 2 unspecified atom stereocenters. The number of hydrogen-bond donors (Lipinski definition) is 3.